The van der Waals surface area contributed by atoms with Crippen LogP contribution in [0.4, 0.5) is 5.69 Å². The van der Waals surface area contributed by atoms with E-state index in [0.717, 1.165) is 54.1 Å². The van der Waals surface area contributed by atoms with Gasteiger partial charge in [-0.25, -0.2) is 14.7 Å². The lowest BCUT2D eigenvalue weighted by Crippen LogP contribution is -2.50. The van der Waals surface area contributed by atoms with Crippen LogP contribution in [0.2, 0.25) is 0 Å². The summed E-state index contributed by atoms with van der Waals surface area (Å²) in [4.78, 5) is 27.3. The molecule has 2 fully saturated rings. The molecule has 9 nitrogen and oxygen atoms in total. The Balaban J connectivity index is 1.30. The molecule has 2 heterocycles. The summed E-state index contributed by atoms with van der Waals surface area (Å²) in [6.45, 7) is 10.1. The van der Waals surface area contributed by atoms with Gasteiger partial charge in [-0.15, -0.1) is 0 Å². The average molecular weight is 623 g/mol. The summed E-state index contributed by atoms with van der Waals surface area (Å²) in [5, 5.41) is 15.3. The highest BCUT2D eigenvalue weighted by atomic mass is 32.3. The maximum Gasteiger partial charge on any atom is 0.270 e. The quantitative estimate of drug-likeness (QED) is 0.202. The second-order valence-electron chi connectivity index (χ2n) is 13.9. The van der Waals surface area contributed by atoms with Crippen molar-refractivity contribution in [1.82, 2.24) is 24.9 Å². The number of hydrogen-bond donors (Lipinski definition) is 2. The van der Waals surface area contributed by atoms with Crippen LogP contribution in [0.5, 0.6) is 0 Å². The third-order valence-electron chi connectivity index (χ3n) is 9.18. The van der Waals surface area contributed by atoms with Crippen molar-refractivity contribution in [3.05, 3.63) is 53.6 Å². The van der Waals surface area contributed by atoms with E-state index in [1.54, 1.807) is 16.9 Å². The largest absolute Gasteiger partial charge is 0.358 e. The molecule has 2 aliphatic rings. The molecule has 2 amide bonds. The van der Waals surface area contributed by atoms with Gasteiger partial charge in [0.05, 0.1) is 12.3 Å². The van der Waals surface area contributed by atoms with Crippen LogP contribution < -0.4 is 10.6 Å². The van der Waals surface area contributed by atoms with Crippen LogP contribution in [-0.4, -0.2) is 68.5 Å². The van der Waals surface area contributed by atoms with E-state index in [1.165, 1.54) is 12.8 Å². The van der Waals surface area contributed by atoms with Crippen LogP contribution in [-0.2, 0) is 22.8 Å². The second-order valence-corrected chi connectivity index (χ2v) is 18.5. The van der Waals surface area contributed by atoms with Gasteiger partial charge in [0.2, 0.25) is 5.91 Å². The van der Waals surface area contributed by atoms with Crippen molar-refractivity contribution >= 4 is 27.5 Å². The topological polar surface area (TPSA) is 103 Å². The van der Waals surface area contributed by atoms with Crippen molar-refractivity contribution in [2.24, 2.45) is 17.3 Å². The molecule has 0 bridgehead atoms. The van der Waals surface area contributed by atoms with Gasteiger partial charge in [-0.05, 0) is 113 Å². The van der Waals surface area contributed by atoms with Gasteiger partial charge in [0, 0.05) is 35.4 Å². The maximum absolute atomic E-state index is 13.9. The molecule has 2 saturated carbocycles. The van der Waals surface area contributed by atoms with Gasteiger partial charge in [0.25, 0.3) is 5.91 Å². The number of ether oxygens (including phenoxy) is 1. The molecular formula is C34H50N6O3S. The molecule has 44 heavy (non-hydrogen) atoms. The lowest BCUT2D eigenvalue weighted by atomic mass is 9.83. The fraction of sp³-hybridized carbons (Fsp3) is 0.588. The zero-order chi connectivity index (χ0) is 31.6. The number of anilines is 1. The van der Waals surface area contributed by atoms with E-state index in [9.17, 15) is 9.59 Å². The van der Waals surface area contributed by atoms with E-state index in [4.69, 9.17) is 9.84 Å². The Morgan fingerprint density at radius 3 is 2.41 bits per heavy atom. The predicted octanol–water partition coefficient (Wildman–Crippen LogP) is 6.00. The van der Waals surface area contributed by atoms with E-state index < -0.39 is 16.1 Å². The van der Waals surface area contributed by atoms with Gasteiger partial charge in [-0.2, -0.15) is 10.2 Å². The summed E-state index contributed by atoms with van der Waals surface area (Å²) < 4.78 is 9.54. The first kappa shape index (κ1) is 32.3. The number of rotatable bonds is 15. The normalized spacial score (nSPS) is 17.6. The zero-order valence-electron chi connectivity index (χ0n) is 27.5. The first-order valence-electron chi connectivity index (χ1n) is 15.9. The van der Waals surface area contributed by atoms with E-state index in [-0.39, 0.29) is 23.1 Å². The maximum atomic E-state index is 13.9. The SMILES string of the molecule is CCn1nccc1C(=O)N[C@H](C(=O)Nc1ccc(-c2c(C)nn(COCCS(C)(C)C)c2C)cc1)[C@H](CC1(C)CC1)C1CC1. The first-order chi connectivity index (χ1) is 20.9. The lowest BCUT2D eigenvalue weighted by molar-refractivity contribution is -0.119. The van der Waals surface area contributed by atoms with Gasteiger partial charge >= 0.3 is 0 Å². The van der Waals surface area contributed by atoms with Crippen LogP contribution in [0.25, 0.3) is 11.1 Å². The van der Waals surface area contributed by atoms with E-state index in [0.29, 0.717) is 30.6 Å². The Kier molecular flexibility index (Phi) is 9.61. The minimum atomic E-state index is -0.616. The van der Waals surface area contributed by atoms with Gasteiger partial charge in [-0.1, -0.05) is 19.1 Å². The van der Waals surface area contributed by atoms with Crippen LogP contribution in [0.1, 0.15) is 67.8 Å². The highest BCUT2D eigenvalue weighted by Gasteiger charge is 2.48. The van der Waals surface area contributed by atoms with Gasteiger partial charge in [0.1, 0.15) is 18.5 Å². The average Bonchev–Trinajstić information content (AvgIpc) is 3.87. The van der Waals surface area contributed by atoms with Crippen molar-refractivity contribution in [3.63, 3.8) is 0 Å². The molecule has 2 N–H and O–H groups in total. The molecular weight excluding hydrogens is 572 g/mol. The number of benzene rings is 1. The van der Waals surface area contributed by atoms with E-state index in [2.05, 4.69) is 48.3 Å². The third-order valence-corrected chi connectivity index (χ3v) is 10.6. The first-order valence-corrected chi connectivity index (χ1v) is 18.9. The fourth-order valence-electron chi connectivity index (χ4n) is 6.07. The molecule has 0 spiro atoms. The van der Waals surface area contributed by atoms with Gasteiger partial charge in [0.15, 0.2) is 0 Å². The molecule has 3 aromatic rings. The highest BCUT2D eigenvalue weighted by Crippen LogP contribution is 2.54. The summed E-state index contributed by atoms with van der Waals surface area (Å²) in [5.74, 6) is 1.22. The standard InChI is InChI=1S/C34H50N6O3S/c1-8-39-29(15-18-35-39)32(41)37-31(28(25-9-10-25)21-34(4)16-17-34)33(42)36-27-13-11-26(12-14-27)30-23(2)38-40(24(30)3)22-43-19-20-44(5,6)7/h11-15,18,25,28,31H,8-10,16-17,19-22H2,1-7H3,(H,36,42)(H,37,41)/t28-,31+/m1/s1. The van der Waals surface area contributed by atoms with Crippen molar-refractivity contribution in [2.45, 2.75) is 79.1 Å². The molecule has 0 unspecified atom stereocenters. The molecule has 240 valence electrons. The fourth-order valence-corrected chi connectivity index (χ4v) is 6.69. The summed E-state index contributed by atoms with van der Waals surface area (Å²) in [5.41, 5.74) is 5.57. The Labute approximate surface area is 263 Å². The number of carbonyl (C=O) groups is 2. The van der Waals surface area contributed by atoms with Crippen LogP contribution >= 0.6 is 10.0 Å². The summed E-state index contributed by atoms with van der Waals surface area (Å²) in [6, 6.07) is 9.02. The third kappa shape index (κ3) is 7.93. The number of aryl methyl sites for hydroxylation is 2. The Bertz CT molecular complexity index is 1460. The lowest BCUT2D eigenvalue weighted by Gasteiger charge is -2.29. The molecule has 2 aromatic heterocycles. The molecule has 10 heteroatoms. The van der Waals surface area contributed by atoms with Crippen molar-refractivity contribution in [1.29, 1.82) is 0 Å². The highest BCUT2D eigenvalue weighted by molar-refractivity contribution is 8.32. The molecule has 1 aromatic carbocycles. The predicted molar refractivity (Wildman–Crippen MR) is 179 cm³/mol. The van der Waals surface area contributed by atoms with E-state index >= 15 is 0 Å². The summed E-state index contributed by atoms with van der Waals surface area (Å²) in [7, 11) is -0.593. The molecule has 0 saturated heterocycles. The van der Waals surface area contributed by atoms with Gasteiger partial charge < -0.3 is 15.4 Å². The number of amides is 2. The number of hydrogen-bond acceptors (Lipinski definition) is 5. The molecule has 2 atom stereocenters. The molecule has 5 rings (SSSR count). The Morgan fingerprint density at radius 2 is 1.80 bits per heavy atom. The van der Waals surface area contributed by atoms with Crippen molar-refractivity contribution in [2.75, 3.05) is 36.4 Å². The summed E-state index contributed by atoms with van der Waals surface area (Å²) in [6.07, 6.45) is 14.0. The monoisotopic (exact) mass is 622 g/mol. The summed E-state index contributed by atoms with van der Waals surface area (Å²) >= 11 is 0. The molecule has 0 radical (unpaired) electrons. The molecule has 2 aliphatic carbocycles. The Morgan fingerprint density at radius 1 is 1.09 bits per heavy atom. The zero-order valence-corrected chi connectivity index (χ0v) is 28.3. The number of nitrogens with one attached hydrogen (secondary N) is 2. The van der Waals surface area contributed by atoms with Crippen molar-refractivity contribution in [3.8, 4) is 11.1 Å². The Hall–Kier alpha value is -3.11. The van der Waals surface area contributed by atoms with Crippen LogP contribution in [0, 0.1) is 31.1 Å². The van der Waals surface area contributed by atoms with Crippen LogP contribution in [0.3, 0.4) is 0 Å². The number of nitrogens with zero attached hydrogens (tertiary/aromatic N) is 4. The molecule has 0 aliphatic heterocycles. The van der Waals surface area contributed by atoms with Crippen molar-refractivity contribution < 1.29 is 14.3 Å². The number of carbonyl (C=O) groups excluding carboxylic acids is 2. The van der Waals surface area contributed by atoms with Crippen LogP contribution in [0.15, 0.2) is 36.5 Å². The number of aromatic nitrogens is 4. The van der Waals surface area contributed by atoms with E-state index in [1.807, 2.05) is 42.8 Å². The minimum Gasteiger partial charge on any atom is -0.358 e. The second kappa shape index (κ2) is 13.1. The van der Waals surface area contributed by atoms with Gasteiger partial charge in [-0.3, -0.25) is 14.3 Å². The smallest absolute Gasteiger partial charge is 0.270 e. The minimum absolute atomic E-state index is 0.104.